The van der Waals surface area contributed by atoms with Crippen molar-refractivity contribution < 1.29 is 9.85 Å². The zero-order chi connectivity index (χ0) is 17.8. The lowest BCUT2D eigenvalue weighted by molar-refractivity contribution is -0.385. The van der Waals surface area contributed by atoms with Crippen LogP contribution in [0.15, 0.2) is 60.9 Å². The second kappa shape index (κ2) is 7.00. The molecule has 8 heteroatoms. The molecule has 3 rings (SSSR count). The number of non-ortho nitro benzene ring substituents is 2. The molecule has 0 saturated carbocycles. The molecular weight excluding hydrogens is 324 g/mol. The summed E-state index contributed by atoms with van der Waals surface area (Å²) in [6.07, 6.45) is 3.93. The monoisotopic (exact) mass is 340 g/mol. The van der Waals surface area contributed by atoms with Crippen LogP contribution in [0.3, 0.4) is 0 Å². The zero-order valence-electron chi connectivity index (χ0n) is 13.3. The summed E-state index contributed by atoms with van der Waals surface area (Å²) in [6.45, 7) is 2.00. The van der Waals surface area contributed by atoms with Gasteiger partial charge in [-0.1, -0.05) is 24.3 Å². The van der Waals surface area contributed by atoms with Gasteiger partial charge in [0.05, 0.1) is 16.5 Å². The summed E-state index contributed by atoms with van der Waals surface area (Å²) in [7, 11) is 0. The number of hydrogen-bond donors (Lipinski definition) is 0. The van der Waals surface area contributed by atoms with Crippen LogP contribution in [0, 0.1) is 20.2 Å². The Kier molecular flexibility index (Phi) is 4.60. The Morgan fingerprint density at radius 1 is 0.720 bits per heavy atom. The highest BCUT2D eigenvalue weighted by Gasteiger charge is 2.14. The summed E-state index contributed by atoms with van der Waals surface area (Å²) in [5.41, 5.74) is 2.15. The lowest BCUT2D eigenvalue weighted by Gasteiger charge is -2.21. The summed E-state index contributed by atoms with van der Waals surface area (Å²) < 4.78 is 0. The molecule has 0 bridgehead atoms. The summed E-state index contributed by atoms with van der Waals surface area (Å²) in [4.78, 5) is 24.7. The van der Waals surface area contributed by atoms with Gasteiger partial charge in [-0.2, -0.15) is 0 Å². The molecule has 25 heavy (non-hydrogen) atoms. The van der Waals surface area contributed by atoms with Crippen LogP contribution < -0.4 is 0 Å². The molecule has 128 valence electrons. The number of nitro benzene ring substituents is 2. The maximum Gasteiger partial charge on any atom is 0.269 e. The van der Waals surface area contributed by atoms with Crippen LogP contribution in [0.1, 0.15) is 11.1 Å². The van der Waals surface area contributed by atoms with E-state index in [0.29, 0.717) is 19.8 Å². The van der Waals surface area contributed by atoms with E-state index in [0.717, 1.165) is 11.1 Å². The van der Waals surface area contributed by atoms with Crippen molar-refractivity contribution in [2.75, 3.05) is 6.67 Å². The van der Waals surface area contributed by atoms with Crippen molar-refractivity contribution in [3.8, 4) is 0 Å². The molecule has 8 nitrogen and oxygen atoms in total. The maximum absolute atomic E-state index is 10.7. The molecule has 0 amide bonds. The quantitative estimate of drug-likeness (QED) is 0.592. The molecule has 0 aliphatic carbocycles. The lowest BCUT2D eigenvalue weighted by Crippen LogP contribution is -2.24. The van der Waals surface area contributed by atoms with E-state index in [9.17, 15) is 20.2 Å². The minimum atomic E-state index is -0.411. The second-order valence-electron chi connectivity index (χ2n) is 5.78. The first-order valence-electron chi connectivity index (χ1n) is 7.64. The van der Waals surface area contributed by atoms with Crippen LogP contribution in [0.5, 0.6) is 0 Å². The summed E-state index contributed by atoms with van der Waals surface area (Å²) in [6, 6.07) is 13.0. The smallest absolute Gasteiger partial charge is 0.269 e. The summed E-state index contributed by atoms with van der Waals surface area (Å²) >= 11 is 0. The first-order chi connectivity index (χ1) is 12.0. The highest BCUT2D eigenvalue weighted by atomic mass is 16.6. The summed E-state index contributed by atoms with van der Waals surface area (Å²) in [5, 5.41) is 21.3. The Hall–Kier alpha value is -3.42. The Balaban J connectivity index is 1.54. The molecule has 2 aromatic rings. The largest absolute Gasteiger partial charge is 0.354 e. The number of nitro groups is 2. The fraction of sp³-hybridized carbons (Fsp3) is 0.176. The van der Waals surface area contributed by atoms with Crippen LogP contribution in [0.2, 0.25) is 0 Å². The Labute approximate surface area is 143 Å². The first kappa shape index (κ1) is 16.4. The van der Waals surface area contributed by atoms with Crippen molar-refractivity contribution >= 4 is 11.4 Å². The van der Waals surface area contributed by atoms with E-state index >= 15 is 0 Å². The number of benzene rings is 2. The third kappa shape index (κ3) is 4.11. The Bertz CT molecular complexity index is 735. The molecule has 1 heterocycles. The van der Waals surface area contributed by atoms with E-state index in [-0.39, 0.29) is 11.4 Å². The van der Waals surface area contributed by atoms with Gasteiger partial charge in [-0.25, -0.2) is 0 Å². The highest BCUT2D eigenvalue weighted by molar-refractivity contribution is 5.34. The molecule has 0 aromatic heterocycles. The van der Waals surface area contributed by atoms with E-state index < -0.39 is 9.85 Å². The van der Waals surface area contributed by atoms with E-state index in [1.165, 1.54) is 24.3 Å². The fourth-order valence-electron chi connectivity index (χ4n) is 2.64. The van der Waals surface area contributed by atoms with Crippen molar-refractivity contribution in [2.24, 2.45) is 0 Å². The number of hydrogen-bond acceptors (Lipinski definition) is 6. The molecule has 0 atom stereocenters. The third-order valence-electron chi connectivity index (χ3n) is 3.92. The van der Waals surface area contributed by atoms with Crippen LogP contribution in [-0.2, 0) is 13.1 Å². The normalized spacial score (nSPS) is 13.3. The Morgan fingerprint density at radius 2 is 1.08 bits per heavy atom. The van der Waals surface area contributed by atoms with E-state index in [1.54, 1.807) is 24.3 Å². The summed E-state index contributed by atoms with van der Waals surface area (Å²) in [5.74, 6) is 0. The molecule has 0 spiro atoms. The van der Waals surface area contributed by atoms with Crippen molar-refractivity contribution in [3.63, 3.8) is 0 Å². The fourth-order valence-corrected chi connectivity index (χ4v) is 2.64. The van der Waals surface area contributed by atoms with Crippen molar-refractivity contribution in [2.45, 2.75) is 13.1 Å². The van der Waals surface area contributed by atoms with Gasteiger partial charge in [0.25, 0.3) is 11.4 Å². The maximum atomic E-state index is 10.7. The third-order valence-corrected chi connectivity index (χ3v) is 3.92. The van der Waals surface area contributed by atoms with Gasteiger partial charge in [0.2, 0.25) is 0 Å². The average Bonchev–Trinajstić information content (AvgIpc) is 3.02. The predicted molar refractivity (Wildman–Crippen MR) is 91.3 cm³/mol. The number of rotatable bonds is 6. The molecule has 1 aliphatic rings. The van der Waals surface area contributed by atoms with E-state index in [1.807, 2.05) is 12.4 Å². The van der Waals surface area contributed by atoms with Crippen molar-refractivity contribution in [1.29, 1.82) is 0 Å². The van der Waals surface area contributed by atoms with Gasteiger partial charge >= 0.3 is 0 Å². The van der Waals surface area contributed by atoms with Crippen LogP contribution >= 0.6 is 0 Å². The van der Waals surface area contributed by atoms with Crippen LogP contribution in [-0.4, -0.2) is 26.3 Å². The molecular formula is C17H16N4O4. The minimum absolute atomic E-state index is 0.0838. The van der Waals surface area contributed by atoms with Crippen LogP contribution in [0.25, 0.3) is 0 Å². The first-order valence-corrected chi connectivity index (χ1v) is 7.64. The van der Waals surface area contributed by atoms with E-state index in [4.69, 9.17) is 0 Å². The SMILES string of the molecule is O=[N+]([O-])c1ccc(CN2C=CN(Cc3ccc([N+](=O)[O-])cc3)C2)cc1. The van der Waals surface area contributed by atoms with Gasteiger partial charge in [-0.3, -0.25) is 20.2 Å². The molecule has 0 unspecified atom stereocenters. The van der Waals surface area contributed by atoms with E-state index in [2.05, 4.69) is 9.80 Å². The van der Waals surface area contributed by atoms with Gasteiger partial charge in [-0.05, 0) is 11.1 Å². The van der Waals surface area contributed by atoms with Gasteiger partial charge in [0.15, 0.2) is 0 Å². The van der Waals surface area contributed by atoms with Crippen molar-refractivity contribution in [3.05, 3.63) is 92.3 Å². The topological polar surface area (TPSA) is 92.8 Å². The van der Waals surface area contributed by atoms with Crippen LogP contribution in [0.4, 0.5) is 11.4 Å². The standard InChI is InChI=1S/C17H16N4O4/c22-20(23)16-5-1-14(2-6-16)11-18-9-10-19(13-18)12-15-3-7-17(8-4-15)21(24)25/h1-10H,11-13H2. The molecule has 0 saturated heterocycles. The van der Waals surface area contributed by atoms with Gasteiger partial charge in [0, 0.05) is 49.8 Å². The lowest BCUT2D eigenvalue weighted by atomic mass is 10.2. The minimum Gasteiger partial charge on any atom is -0.354 e. The second-order valence-corrected chi connectivity index (χ2v) is 5.78. The molecule has 2 aromatic carbocycles. The van der Waals surface area contributed by atoms with Gasteiger partial charge in [-0.15, -0.1) is 0 Å². The van der Waals surface area contributed by atoms with Gasteiger partial charge in [0.1, 0.15) is 0 Å². The predicted octanol–water partition coefficient (Wildman–Crippen LogP) is 3.25. The Morgan fingerprint density at radius 3 is 1.40 bits per heavy atom. The molecule has 0 radical (unpaired) electrons. The zero-order valence-corrected chi connectivity index (χ0v) is 13.3. The van der Waals surface area contributed by atoms with Crippen molar-refractivity contribution in [1.82, 2.24) is 9.80 Å². The average molecular weight is 340 g/mol. The van der Waals surface area contributed by atoms with Gasteiger partial charge < -0.3 is 9.80 Å². The number of nitrogens with zero attached hydrogens (tertiary/aromatic N) is 4. The highest BCUT2D eigenvalue weighted by Crippen LogP contribution is 2.18. The molecule has 1 aliphatic heterocycles. The molecule has 0 fully saturated rings. The molecule has 0 N–H and O–H groups in total.